The molecule has 0 aliphatic heterocycles. The molecule has 0 spiro atoms. The van der Waals surface area contributed by atoms with Crippen molar-refractivity contribution in [3.63, 3.8) is 0 Å². The number of benzene rings is 1. The van der Waals surface area contributed by atoms with Gasteiger partial charge in [0.05, 0.1) is 10.6 Å². The van der Waals surface area contributed by atoms with Gasteiger partial charge in [-0.15, -0.1) is 11.3 Å². The Balaban J connectivity index is 2.19. The quantitative estimate of drug-likeness (QED) is 0.673. The molecular formula is C17H14N2OS. The van der Waals surface area contributed by atoms with Gasteiger partial charge in [-0.25, -0.2) is 4.98 Å². The van der Waals surface area contributed by atoms with Crippen molar-refractivity contribution in [2.75, 3.05) is 0 Å². The lowest BCUT2D eigenvalue weighted by molar-refractivity contribution is 0.102. The van der Waals surface area contributed by atoms with E-state index in [1.807, 2.05) is 43.3 Å². The first kappa shape index (κ1) is 13.6. The third kappa shape index (κ3) is 2.62. The Labute approximate surface area is 127 Å². The Morgan fingerprint density at radius 3 is 2.48 bits per heavy atom. The summed E-state index contributed by atoms with van der Waals surface area (Å²) in [4.78, 5) is 21.4. The molecule has 2 aromatic heterocycles. The first-order chi connectivity index (χ1) is 10.2. The highest BCUT2D eigenvalue weighted by molar-refractivity contribution is 7.17. The fourth-order valence-corrected chi connectivity index (χ4v) is 3.18. The number of carbonyl (C=O) groups is 1. The maximum absolute atomic E-state index is 12.0. The largest absolute Gasteiger partial charge is 0.294 e. The van der Waals surface area contributed by atoms with Crippen LogP contribution in [-0.2, 0) is 0 Å². The van der Waals surface area contributed by atoms with Crippen LogP contribution in [0, 0.1) is 6.92 Å². The summed E-state index contributed by atoms with van der Waals surface area (Å²) in [6, 6.07) is 11.8. The van der Waals surface area contributed by atoms with Crippen LogP contribution in [0.3, 0.4) is 0 Å². The van der Waals surface area contributed by atoms with Crippen molar-refractivity contribution < 1.29 is 4.79 Å². The SMILES string of the molecule is CC(=O)c1sc(-c2ccncc2)nc1-c1ccccc1C. The average Bonchev–Trinajstić information content (AvgIpc) is 2.94. The summed E-state index contributed by atoms with van der Waals surface area (Å²) in [6.45, 7) is 3.62. The van der Waals surface area contributed by atoms with E-state index in [0.29, 0.717) is 4.88 Å². The number of carbonyl (C=O) groups excluding carboxylic acids is 1. The standard InChI is InChI=1S/C17H14N2OS/c1-11-5-3-4-6-14(11)15-16(12(2)20)21-17(19-15)13-7-9-18-10-8-13/h3-10H,1-2H3. The second-order valence-electron chi connectivity index (χ2n) is 4.80. The molecule has 3 nitrogen and oxygen atoms in total. The molecule has 104 valence electrons. The third-order valence-corrected chi connectivity index (χ3v) is 4.48. The van der Waals surface area contributed by atoms with Gasteiger partial charge < -0.3 is 0 Å². The number of Topliss-reactive ketones (excluding diaryl/α,β-unsaturated/α-hetero) is 1. The van der Waals surface area contributed by atoms with Gasteiger partial charge in [-0.05, 0) is 24.6 Å². The number of pyridine rings is 1. The molecule has 0 radical (unpaired) electrons. The van der Waals surface area contributed by atoms with Gasteiger partial charge in [0.15, 0.2) is 5.78 Å². The summed E-state index contributed by atoms with van der Waals surface area (Å²) in [7, 11) is 0. The van der Waals surface area contributed by atoms with Crippen LogP contribution in [0.1, 0.15) is 22.2 Å². The fraction of sp³-hybridized carbons (Fsp3) is 0.118. The Bertz CT molecular complexity index is 794. The van der Waals surface area contributed by atoms with E-state index >= 15 is 0 Å². The Morgan fingerprint density at radius 1 is 1.10 bits per heavy atom. The maximum atomic E-state index is 12.0. The van der Waals surface area contributed by atoms with Gasteiger partial charge in [-0.2, -0.15) is 0 Å². The van der Waals surface area contributed by atoms with Gasteiger partial charge in [0.1, 0.15) is 5.01 Å². The topological polar surface area (TPSA) is 42.9 Å². The van der Waals surface area contributed by atoms with Crippen molar-refractivity contribution in [3.8, 4) is 21.8 Å². The molecule has 3 aromatic rings. The van der Waals surface area contributed by atoms with E-state index in [-0.39, 0.29) is 5.78 Å². The summed E-state index contributed by atoms with van der Waals surface area (Å²) in [5, 5.41) is 0.848. The van der Waals surface area contributed by atoms with E-state index < -0.39 is 0 Å². The van der Waals surface area contributed by atoms with E-state index in [4.69, 9.17) is 4.98 Å². The summed E-state index contributed by atoms with van der Waals surface area (Å²) in [5.74, 6) is 0.0473. The van der Waals surface area contributed by atoms with E-state index in [9.17, 15) is 4.79 Å². The summed E-state index contributed by atoms with van der Waals surface area (Å²) in [6.07, 6.45) is 3.47. The molecule has 0 N–H and O–H groups in total. The lowest BCUT2D eigenvalue weighted by atomic mass is 10.0. The van der Waals surface area contributed by atoms with Gasteiger partial charge in [0.25, 0.3) is 0 Å². The van der Waals surface area contributed by atoms with Crippen LogP contribution < -0.4 is 0 Å². The highest BCUT2D eigenvalue weighted by Gasteiger charge is 2.18. The molecule has 0 bridgehead atoms. The maximum Gasteiger partial charge on any atom is 0.172 e. The fourth-order valence-electron chi connectivity index (χ4n) is 2.20. The predicted molar refractivity (Wildman–Crippen MR) is 85.5 cm³/mol. The number of rotatable bonds is 3. The molecule has 0 aliphatic carbocycles. The van der Waals surface area contributed by atoms with Gasteiger partial charge >= 0.3 is 0 Å². The van der Waals surface area contributed by atoms with Gasteiger partial charge in [-0.1, -0.05) is 24.3 Å². The number of aromatic nitrogens is 2. The van der Waals surface area contributed by atoms with Crippen molar-refractivity contribution in [2.24, 2.45) is 0 Å². The average molecular weight is 294 g/mol. The van der Waals surface area contributed by atoms with E-state index in [1.54, 1.807) is 19.3 Å². The molecule has 0 amide bonds. The summed E-state index contributed by atoms with van der Waals surface area (Å²) >= 11 is 1.44. The van der Waals surface area contributed by atoms with Crippen molar-refractivity contribution >= 4 is 17.1 Å². The molecular weight excluding hydrogens is 280 g/mol. The summed E-state index contributed by atoms with van der Waals surface area (Å²) in [5.41, 5.74) is 3.89. The number of hydrogen-bond donors (Lipinski definition) is 0. The molecule has 1 aromatic carbocycles. The van der Waals surface area contributed by atoms with Crippen LogP contribution in [0.25, 0.3) is 21.8 Å². The van der Waals surface area contributed by atoms with Crippen molar-refractivity contribution in [1.29, 1.82) is 0 Å². The minimum absolute atomic E-state index is 0.0473. The molecule has 2 heterocycles. The first-order valence-corrected chi connectivity index (χ1v) is 7.46. The van der Waals surface area contributed by atoms with Crippen molar-refractivity contribution in [2.45, 2.75) is 13.8 Å². The summed E-state index contributed by atoms with van der Waals surface area (Å²) < 4.78 is 0. The predicted octanol–water partition coefficient (Wildman–Crippen LogP) is 4.38. The van der Waals surface area contributed by atoms with Crippen molar-refractivity contribution in [1.82, 2.24) is 9.97 Å². The third-order valence-electron chi connectivity index (χ3n) is 3.27. The zero-order valence-corrected chi connectivity index (χ0v) is 12.6. The van der Waals surface area contributed by atoms with Crippen LogP contribution in [0.15, 0.2) is 48.8 Å². The molecule has 0 fully saturated rings. The number of hydrogen-bond acceptors (Lipinski definition) is 4. The number of aryl methyl sites for hydroxylation is 1. The molecule has 0 aliphatic rings. The van der Waals surface area contributed by atoms with Crippen LogP contribution in [-0.4, -0.2) is 15.8 Å². The zero-order valence-electron chi connectivity index (χ0n) is 11.8. The highest BCUT2D eigenvalue weighted by Crippen LogP contribution is 2.35. The number of thiazole rings is 1. The van der Waals surface area contributed by atoms with E-state index in [0.717, 1.165) is 27.4 Å². The smallest absolute Gasteiger partial charge is 0.172 e. The minimum atomic E-state index is 0.0473. The molecule has 3 rings (SSSR count). The van der Waals surface area contributed by atoms with E-state index in [1.165, 1.54) is 11.3 Å². The molecule has 0 atom stereocenters. The Kier molecular flexibility index (Phi) is 3.62. The van der Waals surface area contributed by atoms with Crippen LogP contribution in [0.4, 0.5) is 0 Å². The molecule has 0 saturated heterocycles. The minimum Gasteiger partial charge on any atom is -0.294 e. The Hall–Kier alpha value is -2.33. The number of ketones is 1. The number of nitrogens with zero attached hydrogens (tertiary/aromatic N) is 2. The Morgan fingerprint density at radius 2 is 1.81 bits per heavy atom. The van der Waals surface area contributed by atoms with E-state index in [2.05, 4.69) is 4.98 Å². The van der Waals surface area contributed by atoms with Crippen LogP contribution >= 0.6 is 11.3 Å². The second kappa shape index (κ2) is 5.58. The first-order valence-electron chi connectivity index (χ1n) is 6.65. The van der Waals surface area contributed by atoms with Gasteiger partial charge in [-0.3, -0.25) is 9.78 Å². The van der Waals surface area contributed by atoms with Crippen molar-refractivity contribution in [3.05, 3.63) is 59.2 Å². The molecule has 0 saturated carbocycles. The second-order valence-corrected chi connectivity index (χ2v) is 5.80. The van der Waals surface area contributed by atoms with Gasteiger partial charge in [0.2, 0.25) is 0 Å². The van der Waals surface area contributed by atoms with Crippen LogP contribution in [0.5, 0.6) is 0 Å². The molecule has 21 heavy (non-hydrogen) atoms. The molecule has 0 unspecified atom stereocenters. The lowest BCUT2D eigenvalue weighted by Gasteiger charge is -2.03. The van der Waals surface area contributed by atoms with Crippen LogP contribution in [0.2, 0.25) is 0 Å². The zero-order chi connectivity index (χ0) is 14.8. The van der Waals surface area contributed by atoms with Gasteiger partial charge in [0, 0.05) is 30.4 Å². The highest BCUT2D eigenvalue weighted by atomic mass is 32.1. The lowest BCUT2D eigenvalue weighted by Crippen LogP contribution is -1.93. The normalized spacial score (nSPS) is 10.6. The monoisotopic (exact) mass is 294 g/mol. The molecule has 4 heteroatoms.